The van der Waals surface area contributed by atoms with E-state index in [4.69, 9.17) is 4.74 Å². The van der Waals surface area contributed by atoms with Crippen LogP contribution in [0.15, 0.2) is 0 Å². The maximum absolute atomic E-state index is 12.5. The van der Waals surface area contributed by atoms with Crippen molar-refractivity contribution in [2.24, 2.45) is 5.92 Å². The van der Waals surface area contributed by atoms with E-state index < -0.39 is 0 Å². The first-order valence-electron chi connectivity index (χ1n) is 8.10. The van der Waals surface area contributed by atoms with Gasteiger partial charge in [0.15, 0.2) is 5.78 Å². The van der Waals surface area contributed by atoms with Crippen LogP contribution in [0, 0.1) is 19.8 Å². The van der Waals surface area contributed by atoms with Gasteiger partial charge in [0.1, 0.15) is 0 Å². The van der Waals surface area contributed by atoms with Gasteiger partial charge in [0, 0.05) is 51.7 Å². The number of carbonyl (C=O) groups excluding carboxylic acids is 3. The third-order valence-corrected chi connectivity index (χ3v) is 4.43. The van der Waals surface area contributed by atoms with Crippen LogP contribution in [0.1, 0.15) is 45.4 Å². The molecule has 0 spiro atoms. The predicted molar refractivity (Wildman–Crippen MR) is 89.2 cm³/mol. The molecule has 1 aromatic heterocycles. The van der Waals surface area contributed by atoms with E-state index >= 15 is 0 Å². The number of likely N-dealkylation sites (tertiary alicyclic amines) is 1. The Balaban J connectivity index is 1.95. The molecule has 1 saturated heterocycles. The first kappa shape index (κ1) is 18.2. The Morgan fingerprint density at radius 2 is 2.08 bits per heavy atom. The number of hydrogen-bond donors (Lipinski definition) is 2. The molecule has 0 aliphatic carbocycles. The average Bonchev–Trinajstić information content (AvgIpc) is 3.02. The van der Waals surface area contributed by atoms with Crippen molar-refractivity contribution in [2.75, 3.05) is 33.4 Å². The van der Waals surface area contributed by atoms with Crippen LogP contribution >= 0.6 is 0 Å². The van der Waals surface area contributed by atoms with Gasteiger partial charge in [0.25, 0.3) is 5.91 Å². The van der Waals surface area contributed by atoms with E-state index in [0.29, 0.717) is 55.2 Å². The Kier molecular flexibility index (Phi) is 5.77. The third-order valence-electron chi connectivity index (χ3n) is 4.43. The summed E-state index contributed by atoms with van der Waals surface area (Å²) in [5.41, 5.74) is 2.33. The number of Topliss-reactive ketones (excluding diaryl/α,β-unsaturated/α-hetero) is 1. The smallest absolute Gasteiger partial charge is 0.253 e. The van der Waals surface area contributed by atoms with E-state index in [1.54, 1.807) is 25.9 Å². The number of aryl methyl sites for hydroxylation is 1. The second-order valence-electron chi connectivity index (χ2n) is 6.29. The molecule has 0 aromatic carbocycles. The van der Waals surface area contributed by atoms with Crippen LogP contribution in [0.25, 0.3) is 0 Å². The first-order chi connectivity index (χ1) is 11.3. The van der Waals surface area contributed by atoms with Gasteiger partial charge in [0.05, 0.1) is 17.9 Å². The van der Waals surface area contributed by atoms with Gasteiger partial charge >= 0.3 is 0 Å². The minimum absolute atomic E-state index is 0.0928. The largest absolute Gasteiger partial charge is 0.383 e. The summed E-state index contributed by atoms with van der Waals surface area (Å²) in [5, 5.41) is 2.89. The number of aromatic nitrogens is 1. The molecule has 2 rings (SSSR count). The van der Waals surface area contributed by atoms with Crippen molar-refractivity contribution in [2.45, 2.75) is 27.2 Å². The highest BCUT2D eigenvalue weighted by Gasteiger charge is 2.30. The van der Waals surface area contributed by atoms with E-state index in [2.05, 4.69) is 10.3 Å². The summed E-state index contributed by atoms with van der Waals surface area (Å²) in [6.07, 6.45) is 0.438. The number of amides is 2. The highest BCUT2D eigenvalue weighted by atomic mass is 16.5. The van der Waals surface area contributed by atoms with Gasteiger partial charge in [-0.2, -0.15) is 0 Å². The summed E-state index contributed by atoms with van der Waals surface area (Å²) in [5.74, 6) is -0.106. The van der Waals surface area contributed by atoms with Crippen LogP contribution in [-0.4, -0.2) is 60.8 Å². The monoisotopic (exact) mass is 335 g/mol. The summed E-state index contributed by atoms with van der Waals surface area (Å²) in [4.78, 5) is 40.7. The normalized spacial score (nSPS) is 17.4. The van der Waals surface area contributed by atoms with Crippen LogP contribution in [0.2, 0.25) is 0 Å². The Morgan fingerprint density at radius 1 is 1.38 bits per heavy atom. The van der Waals surface area contributed by atoms with E-state index in [0.717, 1.165) is 0 Å². The summed E-state index contributed by atoms with van der Waals surface area (Å²) >= 11 is 0. The minimum Gasteiger partial charge on any atom is -0.383 e. The lowest BCUT2D eigenvalue weighted by Gasteiger charge is -2.16. The molecule has 1 fully saturated rings. The Labute approximate surface area is 141 Å². The molecule has 1 aromatic rings. The Morgan fingerprint density at radius 3 is 2.67 bits per heavy atom. The van der Waals surface area contributed by atoms with Gasteiger partial charge in [-0.05, 0) is 19.4 Å². The van der Waals surface area contributed by atoms with Gasteiger partial charge in [-0.25, -0.2) is 0 Å². The number of carbonyl (C=O) groups is 3. The maximum Gasteiger partial charge on any atom is 0.253 e. The van der Waals surface area contributed by atoms with Crippen LogP contribution in [0.5, 0.6) is 0 Å². The van der Waals surface area contributed by atoms with Crippen LogP contribution < -0.4 is 5.32 Å². The van der Waals surface area contributed by atoms with Crippen LogP contribution in [-0.2, 0) is 9.53 Å². The molecular weight excluding hydrogens is 310 g/mol. The topological polar surface area (TPSA) is 91.5 Å². The lowest BCUT2D eigenvalue weighted by Crippen LogP contribution is -2.32. The summed E-state index contributed by atoms with van der Waals surface area (Å²) in [6, 6.07) is 0. The summed E-state index contributed by atoms with van der Waals surface area (Å²) < 4.78 is 5.00. The zero-order valence-electron chi connectivity index (χ0n) is 14.7. The highest BCUT2D eigenvalue weighted by molar-refractivity contribution is 6.02. The molecule has 2 heterocycles. The SMILES string of the molecule is COCCN1CC(CNC(=O)c2c(C)[nH]c(C(C)=O)c2C)CC1=O. The number of ketones is 1. The number of H-pyrrole nitrogens is 1. The van der Waals surface area contributed by atoms with E-state index in [1.807, 2.05) is 0 Å². The molecule has 2 N–H and O–H groups in total. The number of hydrogen-bond acceptors (Lipinski definition) is 4. The Hall–Kier alpha value is -2.15. The van der Waals surface area contributed by atoms with Gasteiger partial charge < -0.3 is 19.9 Å². The summed E-state index contributed by atoms with van der Waals surface area (Å²) in [6.45, 7) is 7.18. The number of methoxy groups -OCH3 is 1. The van der Waals surface area contributed by atoms with Gasteiger partial charge in [0.2, 0.25) is 5.91 Å². The quantitative estimate of drug-likeness (QED) is 0.729. The third kappa shape index (κ3) is 3.84. The molecule has 7 heteroatoms. The standard InChI is InChI=1S/C17H25N3O4/c1-10-15(11(2)19-16(10)12(3)21)17(23)18-8-13-7-14(22)20(9-13)5-6-24-4/h13,19H,5-9H2,1-4H3,(H,18,23). The van der Waals surface area contributed by atoms with Crippen LogP contribution in [0.3, 0.4) is 0 Å². The lowest BCUT2D eigenvalue weighted by molar-refractivity contribution is -0.128. The van der Waals surface area contributed by atoms with Crippen molar-refractivity contribution in [3.8, 4) is 0 Å². The maximum atomic E-state index is 12.5. The van der Waals surface area contributed by atoms with Gasteiger partial charge in [-0.3, -0.25) is 14.4 Å². The molecule has 24 heavy (non-hydrogen) atoms. The molecule has 1 unspecified atom stereocenters. The minimum atomic E-state index is -0.212. The fourth-order valence-corrected chi connectivity index (χ4v) is 3.18. The second-order valence-corrected chi connectivity index (χ2v) is 6.29. The molecule has 132 valence electrons. The molecular formula is C17H25N3O4. The molecule has 0 radical (unpaired) electrons. The Bertz CT molecular complexity index is 651. The molecule has 1 aliphatic rings. The van der Waals surface area contributed by atoms with Crippen molar-refractivity contribution in [1.29, 1.82) is 0 Å². The fraction of sp³-hybridized carbons (Fsp3) is 0.588. The number of nitrogens with one attached hydrogen (secondary N) is 2. The predicted octanol–water partition coefficient (Wildman–Crippen LogP) is 1.06. The number of ether oxygens (including phenoxy) is 1. The zero-order valence-corrected chi connectivity index (χ0v) is 14.7. The number of aromatic amines is 1. The summed E-state index contributed by atoms with van der Waals surface area (Å²) in [7, 11) is 1.61. The van der Waals surface area contributed by atoms with Crippen molar-refractivity contribution >= 4 is 17.6 Å². The lowest BCUT2D eigenvalue weighted by atomic mass is 10.1. The van der Waals surface area contributed by atoms with E-state index in [-0.39, 0.29) is 23.5 Å². The van der Waals surface area contributed by atoms with E-state index in [1.165, 1.54) is 6.92 Å². The molecule has 2 amide bonds. The fourth-order valence-electron chi connectivity index (χ4n) is 3.18. The van der Waals surface area contributed by atoms with E-state index in [9.17, 15) is 14.4 Å². The second kappa shape index (κ2) is 7.61. The van der Waals surface area contributed by atoms with Gasteiger partial charge in [-0.1, -0.05) is 0 Å². The van der Waals surface area contributed by atoms with Crippen molar-refractivity contribution in [3.63, 3.8) is 0 Å². The zero-order chi connectivity index (χ0) is 17.9. The number of rotatable bonds is 7. The van der Waals surface area contributed by atoms with Crippen molar-refractivity contribution in [3.05, 3.63) is 22.5 Å². The average molecular weight is 335 g/mol. The molecule has 0 bridgehead atoms. The molecule has 1 aliphatic heterocycles. The molecule has 1 atom stereocenters. The number of nitrogens with zero attached hydrogens (tertiary/aromatic N) is 1. The molecule has 0 saturated carbocycles. The molecule has 7 nitrogen and oxygen atoms in total. The van der Waals surface area contributed by atoms with Crippen molar-refractivity contribution in [1.82, 2.24) is 15.2 Å². The first-order valence-corrected chi connectivity index (χ1v) is 8.10. The van der Waals surface area contributed by atoms with Crippen molar-refractivity contribution < 1.29 is 19.1 Å². The van der Waals surface area contributed by atoms with Crippen LogP contribution in [0.4, 0.5) is 0 Å². The highest BCUT2D eigenvalue weighted by Crippen LogP contribution is 2.20. The van der Waals surface area contributed by atoms with Gasteiger partial charge in [-0.15, -0.1) is 0 Å².